The van der Waals surface area contributed by atoms with Crippen LogP contribution in [-0.2, 0) is 12.8 Å². The van der Waals surface area contributed by atoms with Crippen LogP contribution < -0.4 is 5.32 Å². The molecule has 1 aromatic carbocycles. The average molecular weight is 269 g/mol. The Balaban J connectivity index is 1.56. The van der Waals surface area contributed by atoms with E-state index >= 15 is 0 Å². The van der Waals surface area contributed by atoms with Crippen LogP contribution in [0.2, 0.25) is 0 Å². The van der Waals surface area contributed by atoms with E-state index in [1.54, 1.807) is 16.7 Å². The number of hydrogen-bond acceptors (Lipinski definition) is 1. The topological polar surface area (TPSA) is 12.0 Å². The molecule has 1 aromatic rings. The molecule has 1 N–H and O–H groups in total. The summed E-state index contributed by atoms with van der Waals surface area (Å²) in [5.41, 5.74) is 4.82. The van der Waals surface area contributed by atoms with E-state index in [0.717, 1.165) is 24.3 Å². The molecule has 3 unspecified atom stereocenters. The highest BCUT2D eigenvalue weighted by molar-refractivity contribution is 5.37. The second-order valence-corrected chi connectivity index (χ2v) is 7.30. The number of aryl methyl sites for hydroxylation is 2. The summed E-state index contributed by atoms with van der Waals surface area (Å²) in [7, 11) is 0. The maximum Gasteiger partial charge on any atom is 0.0348 e. The zero-order valence-electron chi connectivity index (χ0n) is 12.7. The van der Waals surface area contributed by atoms with Gasteiger partial charge in [0.15, 0.2) is 0 Å². The fraction of sp³-hybridized carbons (Fsp3) is 0.684. The van der Waals surface area contributed by atoms with Gasteiger partial charge in [-0.05, 0) is 85.9 Å². The van der Waals surface area contributed by atoms with Crippen LogP contribution in [0, 0.1) is 17.8 Å². The van der Waals surface area contributed by atoms with Gasteiger partial charge in [0.2, 0.25) is 0 Å². The lowest BCUT2D eigenvalue weighted by molar-refractivity contribution is 0.341. The molecule has 0 saturated heterocycles. The molecule has 0 aliphatic heterocycles. The first-order chi connectivity index (χ1) is 9.85. The van der Waals surface area contributed by atoms with E-state index in [-0.39, 0.29) is 0 Å². The van der Waals surface area contributed by atoms with Crippen molar-refractivity contribution >= 4 is 0 Å². The molecule has 3 aliphatic rings. The van der Waals surface area contributed by atoms with Gasteiger partial charge in [-0.3, -0.25) is 0 Å². The first-order valence-electron chi connectivity index (χ1n) is 8.70. The predicted molar refractivity (Wildman–Crippen MR) is 83.8 cm³/mol. The van der Waals surface area contributed by atoms with Crippen LogP contribution in [0.3, 0.4) is 0 Å². The molecule has 0 bridgehead atoms. The summed E-state index contributed by atoms with van der Waals surface area (Å²) in [6.07, 6.45) is 9.68. The summed E-state index contributed by atoms with van der Waals surface area (Å²) in [5, 5.41) is 3.86. The number of fused-ring (bicyclic) bond motifs is 2. The molecule has 3 aliphatic carbocycles. The van der Waals surface area contributed by atoms with Crippen LogP contribution >= 0.6 is 0 Å². The van der Waals surface area contributed by atoms with Crippen LogP contribution in [0.25, 0.3) is 0 Å². The van der Waals surface area contributed by atoms with Crippen LogP contribution in [0.15, 0.2) is 18.2 Å². The van der Waals surface area contributed by atoms with E-state index in [0.29, 0.717) is 6.04 Å². The Morgan fingerprint density at radius 2 is 1.90 bits per heavy atom. The Morgan fingerprint density at radius 3 is 2.70 bits per heavy atom. The second kappa shape index (κ2) is 5.18. The van der Waals surface area contributed by atoms with E-state index in [1.165, 1.54) is 44.9 Å². The van der Waals surface area contributed by atoms with Gasteiger partial charge in [0.05, 0.1) is 0 Å². The summed E-state index contributed by atoms with van der Waals surface area (Å²) < 4.78 is 0. The molecular formula is C19H27N. The van der Waals surface area contributed by atoms with E-state index in [1.807, 2.05) is 0 Å². The minimum Gasteiger partial charge on any atom is -0.310 e. The summed E-state index contributed by atoms with van der Waals surface area (Å²) >= 11 is 0. The summed E-state index contributed by atoms with van der Waals surface area (Å²) in [6, 6.07) is 7.98. The number of rotatable bonds is 5. The van der Waals surface area contributed by atoms with Gasteiger partial charge in [0.25, 0.3) is 0 Å². The number of benzene rings is 1. The van der Waals surface area contributed by atoms with Crippen LogP contribution in [0.4, 0.5) is 0 Å². The first-order valence-corrected chi connectivity index (χ1v) is 8.70. The van der Waals surface area contributed by atoms with E-state index < -0.39 is 0 Å². The summed E-state index contributed by atoms with van der Waals surface area (Å²) in [6.45, 7) is 3.44. The third kappa shape index (κ3) is 2.30. The molecular weight excluding hydrogens is 242 g/mol. The van der Waals surface area contributed by atoms with Crippen molar-refractivity contribution in [1.29, 1.82) is 0 Å². The molecule has 3 atom stereocenters. The fourth-order valence-corrected chi connectivity index (χ4v) is 4.68. The summed E-state index contributed by atoms with van der Waals surface area (Å²) in [4.78, 5) is 0. The van der Waals surface area contributed by atoms with Crippen molar-refractivity contribution in [2.24, 2.45) is 17.8 Å². The molecule has 0 aromatic heterocycles. The van der Waals surface area contributed by atoms with Gasteiger partial charge in [0, 0.05) is 6.04 Å². The normalized spacial score (nSPS) is 31.9. The molecule has 0 radical (unpaired) electrons. The van der Waals surface area contributed by atoms with Crippen molar-refractivity contribution in [1.82, 2.24) is 5.32 Å². The lowest BCUT2D eigenvalue weighted by Gasteiger charge is -2.27. The van der Waals surface area contributed by atoms with Crippen molar-refractivity contribution in [2.45, 2.75) is 57.9 Å². The average Bonchev–Trinajstić information content (AvgIpc) is 2.90. The molecule has 2 fully saturated rings. The quantitative estimate of drug-likeness (QED) is 0.842. The first kappa shape index (κ1) is 12.9. The van der Waals surface area contributed by atoms with Gasteiger partial charge < -0.3 is 5.32 Å². The molecule has 1 heteroatoms. The molecule has 0 heterocycles. The molecule has 0 amide bonds. The smallest absolute Gasteiger partial charge is 0.0348 e. The SMILES string of the molecule is CCCNC(c1ccc2c(c1)CCC2)C1CC2CC2C1. The third-order valence-corrected chi connectivity index (χ3v) is 5.85. The largest absolute Gasteiger partial charge is 0.310 e. The second-order valence-electron chi connectivity index (χ2n) is 7.30. The van der Waals surface area contributed by atoms with Gasteiger partial charge in [0.1, 0.15) is 0 Å². The lowest BCUT2D eigenvalue weighted by Crippen LogP contribution is -2.28. The van der Waals surface area contributed by atoms with E-state index in [4.69, 9.17) is 0 Å². The highest BCUT2D eigenvalue weighted by Crippen LogP contribution is 2.57. The highest BCUT2D eigenvalue weighted by Gasteiger charge is 2.48. The Hall–Kier alpha value is -0.820. The molecule has 108 valence electrons. The van der Waals surface area contributed by atoms with Crippen LogP contribution in [0.1, 0.15) is 61.8 Å². The van der Waals surface area contributed by atoms with Crippen LogP contribution in [-0.4, -0.2) is 6.54 Å². The van der Waals surface area contributed by atoms with E-state index in [9.17, 15) is 0 Å². The maximum absolute atomic E-state index is 3.86. The Bertz CT molecular complexity index is 483. The third-order valence-electron chi connectivity index (χ3n) is 5.85. The molecule has 0 spiro atoms. The fourth-order valence-electron chi connectivity index (χ4n) is 4.68. The summed E-state index contributed by atoms with van der Waals surface area (Å²) in [5.74, 6) is 3.06. The van der Waals surface area contributed by atoms with Crippen molar-refractivity contribution in [3.05, 3.63) is 34.9 Å². The minimum absolute atomic E-state index is 0.619. The number of nitrogens with one attached hydrogen (secondary N) is 1. The Labute approximate surface area is 123 Å². The lowest BCUT2D eigenvalue weighted by atomic mass is 9.88. The zero-order chi connectivity index (χ0) is 13.5. The highest BCUT2D eigenvalue weighted by atomic mass is 14.9. The maximum atomic E-state index is 3.86. The molecule has 4 rings (SSSR count). The van der Waals surface area contributed by atoms with Gasteiger partial charge in [-0.15, -0.1) is 0 Å². The number of hydrogen-bond donors (Lipinski definition) is 1. The standard InChI is InChI=1S/C19H27N/c1-2-8-20-19(18-11-16-10-17(16)12-18)15-7-6-13-4-3-5-14(13)9-15/h6-7,9,16-20H,2-5,8,10-12H2,1H3. The zero-order valence-corrected chi connectivity index (χ0v) is 12.7. The monoisotopic (exact) mass is 269 g/mol. The molecule has 2 saturated carbocycles. The van der Waals surface area contributed by atoms with E-state index in [2.05, 4.69) is 30.4 Å². The Morgan fingerprint density at radius 1 is 1.10 bits per heavy atom. The van der Waals surface area contributed by atoms with Crippen LogP contribution in [0.5, 0.6) is 0 Å². The van der Waals surface area contributed by atoms with Crippen molar-refractivity contribution in [3.8, 4) is 0 Å². The van der Waals surface area contributed by atoms with Gasteiger partial charge >= 0.3 is 0 Å². The van der Waals surface area contributed by atoms with Crippen molar-refractivity contribution in [2.75, 3.05) is 6.54 Å². The Kier molecular flexibility index (Phi) is 3.34. The van der Waals surface area contributed by atoms with Gasteiger partial charge in [-0.25, -0.2) is 0 Å². The minimum atomic E-state index is 0.619. The van der Waals surface area contributed by atoms with Gasteiger partial charge in [-0.1, -0.05) is 25.1 Å². The molecule has 1 nitrogen and oxygen atoms in total. The molecule has 20 heavy (non-hydrogen) atoms. The van der Waals surface area contributed by atoms with Crippen molar-refractivity contribution in [3.63, 3.8) is 0 Å². The van der Waals surface area contributed by atoms with Crippen molar-refractivity contribution < 1.29 is 0 Å². The predicted octanol–water partition coefficient (Wildman–Crippen LogP) is 4.26. The van der Waals surface area contributed by atoms with Gasteiger partial charge in [-0.2, -0.15) is 0 Å².